The molecule has 4 heteroatoms. The number of nitrogens with two attached hydrogens (primary N) is 1. The van der Waals surface area contributed by atoms with Gasteiger partial charge in [-0.2, -0.15) is 0 Å². The molecule has 15 heavy (non-hydrogen) atoms. The summed E-state index contributed by atoms with van der Waals surface area (Å²) in [6.45, 7) is 0.210. The molecule has 1 fully saturated rings. The van der Waals surface area contributed by atoms with Gasteiger partial charge >= 0.3 is 0 Å². The number of hydrogen-bond acceptors (Lipinski definition) is 4. The summed E-state index contributed by atoms with van der Waals surface area (Å²) >= 11 is 0. The third kappa shape index (κ3) is 1.18. The van der Waals surface area contributed by atoms with E-state index in [1.54, 1.807) is 12.1 Å². The Balaban J connectivity index is 2.14. The Morgan fingerprint density at radius 1 is 1.27 bits per heavy atom. The zero-order chi connectivity index (χ0) is 10.5. The van der Waals surface area contributed by atoms with Gasteiger partial charge in [0.15, 0.2) is 11.5 Å². The lowest BCUT2D eigenvalue weighted by molar-refractivity contribution is 0.168. The number of benzene rings is 1. The summed E-state index contributed by atoms with van der Waals surface area (Å²) in [4.78, 5) is 0. The minimum Gasteiger partial charge on any atom is -0.508 e. The molecule has 3 rings (SSSR count). The largest absolute Gasteiger partial charge is 0.508 e. The van der Waals surface area contributed by atoms with Crippen LogP contribution in [-0.2, 0) is 5.54 Å². The topological polar surface area (TPSA) is 64.7 Å². The zero-order valence-corrected chi connectivity index (χ0v) is 8.32. The maximum atomic E-state index is 9.57. The molecule has 0 amide bonds. The number of rotatable bonds is 1. The second-order valence-corrected chi connectivity index (χ2v) is 4.24. The maximum Gasteiger partial charge on any atom is 0.231 e. The van der Waals surface area contributed by atoms with Gasteiger partial charge in [0, 0.05) is 17.2 Å². The van der Waals surface area contributed by atoms with Crippen LogP contribution in [0.1, 0.15) is 24.8 Å². The van der Waals surface area contributed by atoms with E-state index < -0.39 is 0 Å². The lowest BCUT2D eigenvalue weighted by atomic mass is 9.72. The Morgan fingerprint density at radius 3 is 2.73 bits per heavy atom. The van der Waals surface area contributed by atoms with Gasteiger partial charge in [-0.05, 0) is 25.3 Å². The fourth-order valence-corrected chi connectivity index (χ4v) is 2.19. The Bertz CT molecular complexity index is 413. The third-order valence-corrected chi connectivity index (χ3v) is 3.24. The van der Waals surface area contributed by atoms with Crippen LogP contribution in [0.5, 0.6) is 17.2 Å². The van der Waals surface area contributed by atoms with Gasteiger partial charge in [0.25, 0.3) is 0 Å². The van der Waals surface area contributed by atoms with Crippen LogP contribution in [0.25, 0.3) is 0 Å². The van der Waals surface area contributed by atoms with E-state index in [0.717, 1.165) is 24.8 Å². The van der Waals surface area contributed by atoms with Crippen molar-refractivity contribution in [3.05, 3.63) is 17.7 Å². The monoisotopic (exact) mass is 207 g/mol. The molecule has 0 spiro atoms. The summed E-state index contributed by atoms with van der Waals surface area (Å²) in [5, 5.41) is 9.57. The highest BCUT2D eigenvalue weighted by Crippen LogP contribution is 2.49. The zero-order valence-electron chi connectivity index (χ0n) is 8.32. The predicted molar refractivity (Wildman–Crippen MR) is 53.9 cm³/mol. The van der Waals surface area contributed by atoms with Crippen molar-refractivity contribution in [2.75, 3.05) is 6.79 Å². The van der Waals surface area contributed by atoms with E-state index in [-0.39, 0.29) is 18.1 Å². The number of phenolic OH excluding ortho intramolecular Hbond substituents is 1. The molecule has 1 aromatic rings. The van der Waals surface area contributed by atoms with Gasteiger partial charge in [-0.3, -0.25) is 0 Å². The van der Waals surface area contributed by atoms with Gasteiger partial charge in [0.1, 0.15) is 5.75 Å². The van der Waals surface area contributed by atoms with Crippen LogP contribution in [-0.4, -0.2) is 11.9 Å². The molecular weight excluding hydrogens is 194 g/mol. The molecule has 2 aliphatic rings. The Kier molecular flexibility index (Phi) is 1.65. The first kappa shape index (κ1) is 8.85. The van der Waals surface area contributed by atoms with Crippen molar-refractivity contribution in [3.63, 3.8) is 0 Å². The average Bonchev–Trinajstić information content (AvgIpc) is 2.60. The first-order valence-electron chi connectivity index (χ1n) is 5.11. The van der Waals surface area contributed by atoms with Crippen molar-refractivity contribution in [2.24, 2.45) is 5.73 Å². The second-order valence-electron chi connectivity index (χ2n) is 4.24. The molecule has 0 saturated heterocycles. The summed E-state index contributed by atoms with van der Waals surface area (Å²) in [6, 6.07) is 3.25. The predicted octanol–water partition coefficient (Wildman–Crippen LogP) is 1.46. The highest BCUT2D eigenvalue weighted by Gasteiger charge is 2.39. The molecule has 0 atom stereocenters. The number of aromatic hydroxyl groups is 1. The molecule has 0 bridgehead atoms. The molecule has 1 saturated carbocycles. The minimum absolute atomic E-state index is 0.186. The minimum atomic E-state index is -0.337. The highest BCUT2D eigenvalue weighted by atomic mass is 16.7. The average molecular weight is 207 g/mol. The van der Waals surface area contributed by atoms with Crippen LogP contribution in [0.4, 0.5) is 0 Å². The van der Waals surface area contributed by atoms with Crippen LogP contribution in [0.2, 0.25) is 0 Å². The normalized spacial score (nSPS) is 21.1. The van der Waals surface area contributed by atoms with E-state index in [1.165, 1.54) is 0 Å². The number of ether oxygens (including phenoxy) is 2. The molecule has 1 heterocycles. The summed E-state index contributed by atoms with van der Waals surface area (Å²) in [6.07, 6.45) is 3.00. The molecule has 1 aliphatic carbocycles. The van der Waals surface area contributed by atoms with Gasteiger partial charge < -0.3 is 20.3 Å². The maximum absolute atomic E-state index is 9.57. The summed E-state index contributed by atoms with van der Waals surface area (Å²) in [5.74, 6) is 1.49. The molecule has 0 unspecified atom stereocenters. The number of phenols is 1. The molecular formula is C11H13NO3. The van der Waals surface area contributed by atoms with E-state index >= 15 is 0 Å². The molecule has 1 aliphatic heterocycles. The van der Waals surface area contributed by atoms with Crippen LogP contribution < -0.4 is 15.2 Å². The lowest BCUT2D eigenvalue weighted by Crippen LogP contribution is -2.43. The van der Waals surface area contributed by atoms with Crippen molar-refractivity contribution >= 4 is 0 Å². The lowest BCUT2D eigenvalue weighted by Gasteiger charge is -2.38. The van der Waals surface area contributed by atoms with Crippen LogP contribution in [0.3, 0.4) is 0 Å². The molecule has 80 valence electrons. The van der Waals surface area contributed by atoms with E-state index in [2.05, 4.69) is 0 Å². The van der Waals surface area contributed by atoms with Gasteiger partial charge in [-0.1, -0.05) is 0 Å². The van der Waals surface area contributed by atoms with Crippen molar-refractivity contribution in [1.29, 1.82) is 0 Å². The molecule has 4 nitrogen and oxygen atoms in total. The van der Waals surface area contributed by atoms with Crippen LogP contribution >= 0.6 is 0 Å². The summed E-state index contributed by atoms with van der Waals surface area (Å²) in [7, 11) is 0. The van der Waals surface area contributed by atoms with Crippen molar-refractivity contribution in [1.82, 2.24) is 0 Å². The molecule has 1 aromatic carbocycles. The Labute approximate surface area is 87.6 Å². The van der Waals surface area contributed by atoms with E-state index in [9.17, 15) is 5.11 Å². The van der Waals surface area contributed by atoms with E-state index in [0.29, 0.717) is 11.5 Å². The fraction of sp³-hybridized carbons (Fsp3) is 0.455. The summed E-state index contributed by atoms with van der Waals surface area (Å²) < 4.78 is 10.6. The molecule has 0 radical (unpaired) electrons. The first-order valence-corrected chi connectivity index (χ1v) is 5.11. The van der Waals surface area contributed by atoms with E-state index in [4.69, 9.17) is 15.2 Å². The second kappa shape index (κ2) is 2.79. The van der Waals surface area contributed by atoms with Gasteiger partial charge in [0.05, 0.1) is 0 Å². The fourth-order valence-electron chi connectivity index (χ4n) is 2.19. The van der Waals surface area contributed by atoms with Crippen molar-refractivity contribution < 1.29 is 14.6 Å². The smallest absolute Gasteiger partial charge is 0.231 e. The quantitative estimate of drug-likeness (QED) is 0.731. The van der Waals surface area contributed by atoms with Crippen molar-refractivity contribution in [3.8, 4) is 17.2 Å². The van der Waals surface area contributed by atoms with Gasteiger partial charge in [-0.25, -0.2) is 0 Å². The van der Waals surface area contributed by atoms with Gasteiger partial charge in [-0.15, -0.1) is 0 Å². The van der Waals surface area contributed by atoms with E-state index in [1.807, 2.05) is 0 Å². The standard InChI is InChI=1S/C11H13NO3/c12-11(2-1-3-11)8-4-7(13)5-9-10(8)15-6-14-9/h4-5,13H,1-3,6,12H2. The van der Waals surface area contributed by atoms with Crippen LogP contribution in [0.15, 0.2) is 12.1 Å². The summed E-state index contributed by atoms with van der Waals surface area (Å²) in [5.41, 5.74) is 6.76. The third-order valence-electron chi connectivity index (χ3n) is 3.24. The Morgan fingerprint density at radius 2 is 2.07 bits per heavy atom. The Hall–Kier alpha value is -1.42. The SMILES string of the molecule is NC1(c2cc(O)cc3c2OCO3)CCC1. The van der Waals surface area contributed by atoms with Gasteiger partial charge in [0.2, 0.25) is 6.79 Å². The number of fused-ring (bicyclic) bond motifs is 1. The first-order chi connectivity index (χ1) is 7.19. The van der Waals surface area contributed by atoms with Crippen molar-refractivity contribution in [2.45, 2.75) is 24.8 Å². The van der Waals surface area contributed by atoms with Crippen LogP contribution in [0, 0.1) is 0 Å². The molecule has 3 N–H and O–H groups in total. The molecule has 0 aromatic heterocycles. The number of hydrogen-bond donors (Lipinski definition) is 2. The highest BCUT2D eigenvalue weighted by molar-refractivity contribution is 5.55.